The van der Waals surface area contributed by atoms with Crippen LogP contribution >= 0.6 is 0 Å². The molecule has 1 aromatic carbocycles. The standard InChI is InChI=1S/C21H26F3N3O/c1-13-8-16(9-14(2)19(13)27-18(28)10-20(3,4)5)25-11-15-6-7-17(26-12-15)21(22,23)24/h6-9,12,25H,10-11H2,1-5H3,(H,27,28)/p-1. The maximum atomic E-state index is 12.6. The van der Waals surface area contributed by atoms with Gasteiger partial charge in [-0.2, -0.15) is 13.2 Å². The Kier molecular flexibility index (Phi) is 6.37. The van der Waals surface area contributed by atoms with Crippen molar-refractivity contribution in [1.29, 1.82) is 0 Å². The minimum absolute atomic E-state index is 0.125. The highest BCUT2D eigenvalue weighted by Crippen LogP contribution is 2.30. The van der Waals surface area contributed by atoms with Gasteiger partial charge in [-0.1, -0.05) is 26.8 Å². The molecule has 0 atom stereocenters. The predicted molar refractivity (Wildman–Crippen MR) is 104 cm³/mol. The third-order valence-electron chi connectivity index (χ3n) is 4.02. The van der Waals surface area contributed by atoms with Crippen LogP contribution in [0.25, 0.3) is 0 Å². The number of halogens is 3. The highest BCUT2D eigenvalue weighted by Gasteiger charge is 2.31. The molecule has 4 nitrogen and oxygen atoms in total. The van der Waals surface area contributed by atoms with Gasteiger partial charge in [0, 0.05) is 18.4 Å². The van der Waals surface area contributed by atoms with Crippen molar-refractivity contribution < 1.29 is 18.3 Å². The monoisotopic (exact) mass is 392 g/mol. The van der Waals surface area contributed by atoms with E-state index in [9.17, 15) is 18.3 Å². The molecule has 28 heavy (non-hydrogen) atoms. The first-order chi connectivity index (χ1) is 12.8. The van der Waals surface area contributed by atoms with E-state index in [1.165, 1.54) is 12.3 Å². The molecule has 1 heterocycles. The van der Waals surface area contributed by atoms with E-state index in [4.69, 9.17) is 0 Å². The Morgan fingerprint density at radius 3 is 2.18 bits per heavy atom. The maximum absolute atomic E-state index is 12.6. The van der Waals surface area contributed by atoms with Crippen molar-refractivity contribution in [1.82, 2.24) is 4.98 Å². The lowest BCUT2D eigenvalue weighted by Gasteiger charge is -2.23. The lowest BCUT2D eigenvalue weighted by atomic mass is 9.92. The smallest absolute Gasteiger partial charge is 0.433 e. The lowest BCUT2D eigenvalue weighted by Crippen LogP contribution is -2.24. The molecule has 0 saturated heterocycles. The zero-order chi connectivity index (χ0) is 21.1. The number of nitrogens with zero attached hydrogens (tertiary/aromatic N) is 2. The Morgan fingerprint density at radius 1 is 1.11 bits per heavy atom. The lowest BCUT2D eigenvalue weighted by molar-refractivity contribution is -0.220. The fraction of sp³-hybridized carbons (Fsp3) is 0.429. The molecule has 0 fully saturated rings. The van der Waals surface area contributed by atoms with Crippen LogP contribution in [0.15, 0.2) is 35.5 Å². The van der Waals surface area contributed by atoms with Crippen LogP contribution in [0.1, 0.15) is 49.6 Å². The van der Waals surface area contributed by atoms with Gasteiger partial charge in [0.25, 0.3) is 0 Å². The van der Waals surface area contributed by atoms with E-state index in [1.807, 2.05) is 46.8 Å². The maximum Gasteiger partial charge on any atom is 0.433 e. The summed E-state index contributed by atoms with van der Waals surface area (Å²) < 4.78 is 37.7. The molecule has 1 aromatic heterocycles. The van der Waals surface area contributed by atoms with Gasteiger partial charge in [-0.15, -0.1) is 0 Å². The first-order valence-corrected chi connectivity index (χ1v) is 8.97. The SMILES string of the molecule is Cc1cc(NCc2ccc(C(F)(F)F)nc2)cc(C)c1N=C([O-])CC(C)(C)C. The molecule has 0 amide bonds. The second-order valence-electron chi connectivity index (χ2n) is 8.10. The summed E-state index contributed by atoms with van der Waals surface area (Å²) in [5.41, 5.74) is 2.78. The molecule has 152 valence electrons. The third kappa shape index (κ3) is 6.25. The molecule has 1 N–H and O–H groups in total. The van der Waals surface area contributed by atoms with E-state index in [-0.39, 0.29) is 11.3 Å². The fourth-order valence-corrected chi connectivity index (χ4v) is 2.75. The van der Waals surface area contributed by atoms with Gasteiger partial charge < -0.3 is 10.4 Å². The number of aliphatic imine (C=N–C) groups is 1. The van der Waals surface area contributed by atoms with Gasteiger partial charge in [0.15, 0.2) is 0 Å². The fourth-order valence-electron chi connectivity index (χ4n) is 2.75. The summed E-state index contributed by atoms with van der Waals surface area (Å²) >= 11 is 0. The van der Waals surface area contributed by atoms with Crippen molar-refractivity contribution in [3.8, 4) is 0 Å². The largest absolute Gasteiger partial charge is 0.862 e. The molecule has 0 unspecified atom stereocenters. The Labute approximate surface area is 163 Å². The van der Waals surface area contributed by atoms with Crippen molar-refractivity contribution in [2.45, 2.75) is 53.8 Å². The number of hydrogen-bond acceptors (Lipinski definition) is 4. The second kappa shape index (κ2) is 8.20. The van der Waals surface area contributed by atoms with Crippen molar-refractivity contribution in [2.75, 3.05) is 5.32 Å². The average molecular weight is 392 g/mol. The van der Waals surface area contributed by atoms with Crippen molar-refractivity contribution in [3.05, 3.63) is 52.8 Å². The average Bonchev–Trinajstić information content (AvgIpc) is 2.54. The first kappa shape index (κ1) is 21.7. The molecule has 0 aliphatic carbocycles. The van der Waals surface area contributed by atoms with E-state index in [2.05, 4.69) is 15.3 Å². The molecular formula is C21H25F3N3O-. The molecule has 0 spiro atoms. The zero-order valence-electron chi connectivity index (χ0n) is 16.7. The van der Waals surface area contributed by atoms with E-state index < -0.39 is 11.9 Å². The van der Waals surface area contributed by atoms with Crippen LogP contribution in [0, 0.1) is 19.3 Å². The first-order valence-electron chi connectivity index (χ1n) is 8.97. The minimum Gasteiger partial charge on any atom is -0.862 e. The predicted octanol–water partition coefficient (Wildman–Crippen LogP) is 5.16. The molecule has 0 aliphatic rings. The summed E-state index contributed by atoms with van der Waals surface area (Å²) in [7, 11) is 0. The molecule has 2 aromatic rings. The van der Waals surface area contributed by atoms with Crippen molar-refractivity contribution >= 4 is 17.3 Å². The third-order valence-corrected chi connectivity index (χ3v) is 4.02. The summed E-state index contributed by atoms with van der Waals surface area (Å²) in [5.74, 6) is -0.157. The van der Waals surface area contributed by atoms with Crippen LogP contribution in [0.3, 0.4) is 0 Å². The number of alkyl halides is 3. The minimum atomic E-state index is -4.44. The molecule has 0 saturated carbocycles. The van der Waals surface area contributed by atoms with Gasteiger partial charge in [-0.05, 0) is 66.5 Å². The van der Waals surface area contributed by atoms with Crippen LogP contribution in [0.4, 0.5) is 24.5 Å². The number of nitrogens with one attached hydrogen (secondary N) is 1. The van der Waals surface area contributed by atoms with Gasteiger partial charge in [-0.25, -0.2) is 0 Å². The second-order valence-corrected chi connectivity index (χ2v) is 8.10. The van der Waals surface area contributed by atoms with Crippen LogP contribution in [0.2, 0.25) is 0 Å². The zero-order valence-corrected chi connectivity index (χ0v) is 16.7. The number of aromatic nitrogens is 1. The molecule has 0 radical (unpaired) electrons. The Morgan fingerprint density at radius 2 is 1.71 bits per heavy atom. The summed E-state index contributed by atoms with van der Waals surface area (Å²) in [4.78, 5) is 7.71. The highest BCUT2D eigenvalue weighted by atomic mass is 19.4. The van der Waals surface area contributed by atoms with E-state index >= 15 is 0 Å². The van der Waals surface area contributed by atoms with Crippen LogP contribution in [0.5, 0.6) is 0 Å². The molecule has 0 bridgehead atoms. The summed E-state index contributed by atoms with van der Waals surface area (Å²) in [6.45, 7) is 10.1. The van der Waals surface area contributed by atoms with Crippen molar-refractivity contribution in [2.24, 2.45) is 10.4 Å². The molecule has 7 heteroatoms. The van der Waals surface area contributed by atoms with E-state index in [0.717, 1.165) is 22.9 Å². The summed E-state index contributed by atoms with van der Waals surface area (Å²) in [6.07, 6.45) is -2.86. The number of anilines is 1. The van der Waals surface area contributed by atoms with Gasteiger partial charge in [0.2, 0.25) is 0 Å². The molecular weight excluding hydrogens is 367 g/mol. The van der Waals surface area contributed by atoms with Gasteiger partial charge in [-0.3, -0.25) is 9.98 Å². The number of aryl methyl sites for hydroxylation is 2. The van der Waals surface area contributed by atoms with E-state index in [0.29, 0.717) is 24.2 Å². The Hall–Kier alpha value is -2.57. The van der Waals surface area contributed by atoms with Crippen LogP contribution < -0.4 is 10.4 Å². The van der Waals surface area contributed by atoms with Crippen LogP contribution in [-0.4, -0.2) is 10.9 Å². The number of pyridine rings is 1. The van der Waals surface area contributed by atoms with Gasteiger partial charge in [0.05, 0.1) is 5.69 Å². The molecule has 2 rings (SSSR count). The Balaban J connectivity index is 2.11. The Bertz CT molecular complexity index is 828. The summed E-state index contributed by atoms with van der Waals surface area (Å²) in [6, 6.07) is 6.11. The quantitative estimate of drug-likeness (QED) is 0.565. The molecule has 0 aliphatic heterocycles. The topological polar surface area (TPSA) is 60.3 Å². The van der Waals surface area contributed by atoms with Gasteiger partial charge >= 0.3 is 6.18 Å². The van der Waals surface area contributed by atoms with Crippen molar-refractivity contribution in [3.63, 3.8) is 0 Å². The number of rotatable bonds is 5. The number of benzene rings is 1. The van der Waals surface area contributed by atoms with Crippen LogP contribution in [-0.2, 0) is 12.7 Å². The van der Waals surface area contributed by atoms with E-state index in [1.54, 1.807) is 0 Å². The normalized spacial score (nSPS) is 12.9. The highest BCUT2D eigenvalue weighted by molar-refractivity contribution is 5.78. The summed E-state index contributed by atoms with van der Waals surface area (Å²) in [5, 5.41) is 15.3. The number of hydrogen-bond donors (Lipinski definition) is 1. The van der Waals surface area contributed by atoms with Gasteiger partial charge in [0.1, 0.15) is 5.69 Å².